The molecule has 1 amide bonds. The molecule has 1 saturated heterocycles. The average molecular weight is 340 g/mol. The van der Waals surface area contributed by atoms with Crippen LogP contribution in [0.2, 0.25) is 0 Å². The maximum Gasteiger partial charge on any atom is 0.227 e. The Kier molecular flexibility index (Phi) is 4.95. The van der Waals surface area contributed by atoms with Crippen LogP contribution in [-0.4, -0.2) is 22.2 Å². The van der Waals surface area contributed by atoms with E-state index < -0.39 is 0 Å². The molecule has 0 spiro atoms. The largest absolute Gasteiger partial charge is 0.312 e. The zero-order valence-corrected chi connectivity index (χ0v) is 15.6. The van der Waals surface area contributed by atoms with Crippen molar-refractivity contribution in [1.82, 2.24) is 15.1 Å². The van der Waals surface area contributed by atoms with Crippen LogP contribution in [0.4, 0.5) is 5.69 Å². The molecule has 2 heterocycles. The summed E-state index contributed by atoms with van der Waals surface area (Å²) in [4.78, 5) is 13.8. The van der Waals surface area contributed by atoms with E-state index in [0.717, 1.165) is 25.2 Å². The molecule has 25 heavy (non-hydrogen) atoms. The topological polar surface area (TPSA) is 50.2 Å². The molecule has 3 rings (SSSR count). The van der Waals surface area contributed by atoms with Gasteiger partial charge in [0.2, 0.25) is 5.91 Å². The fourth-order valence-corrected chi connectivity index (χ4v) is 3.09. The van der Waals surface area contributed by atoms with Gasteiger partial charge in [-0.3, -0.25) is 9.48 Å². The molecule has 1 atom stereocenters. The van der Waals surface area contributed by atoms with Gasteiger partial charge >= 0.3 is 0 Å². The fraction of sp³-hybridized carbons (Fsp3) is 0.500. The van der Waals surface area contributed by atoms with Gasteiger partial charge in [0.15, 0.2) is 0 Å². The first kappa shape index (κ1) is 17.7. The minimum atomic E-state index is 0.000460. The quantitative estimate of drug-likeness (QED) is 0.904. The number of carbonyl (C=O) groups is 1. The van der Waals surface area contributed by atoms with Gasteiger partial charge in [-0.05, 0) is 51.8 Å². The van der Waals surface area contributed by atoms with E-state index >= 15 is 0 Å². The maximum absolute atomic E-state index is 12.0. The van der Waals surface area contributed by atoms with Crippen LogP contribution in [0, 0.1) is 0 Å². The van der Waals surface area contributed by atoms with Crippen LogP contribution in [0.1, 0.15) is 57.7 Å². The standard InChI is InChI=1S/C20H28N4O/c1-15(21-12-16-13-22-24(14-16)20(2,3)4)17-7-5-8-18(11-17)23-10-6-9-19(23)25/h5,7-8,11,13-15,21H,6,9-10,12H2,1-4H3/t15-/m0/s1. The van der Waals surface area contributed by atoms with Crippen molar-refractivity contribution in [2.24, 2.45) is 0 Å². The molecule has 1 fully saturated rings. The molecule has 1 aromatic carbocycles. The van der Waals surface area contributed by atoms with E-state index in [-0.39, 0.29) is 17.5 Å². The molecule has 2 aromatic rings. The molecule has 0 saturated carbocycles. The Balaban J connectivity index is 1.64. The third-order valence-corrected chi connectivity index (χ3v) is 4.69. The Bertz CT molecular complexity index is 744. The van der Waals surface area contributed by atoms with Crippen molar-refractivity contribution >= 4 is 11.6 Å². The summed E-state index contributed by atoms with van der Waals surface area (Å²) in [7, 11) is 0. The van der Waals surface area contributed by atoms with Crippen molar-refractivity contribution in [3.63, 3.8) is 0 Å². The molecular weight excluding hydrogens is 312 g/mol. The fourth-order valence-electron chi connectivity index (χ4n) is 3.09. The van der Waals surface area contributed by atoms with Gasteiger partial charge in [-0.1, -0.05) is 12.1 Å². The Morgan fingerprint density at radius 2 is 2.12 bits per heavy atom. The normalized spacial score (nSPS) is 16.5. The van der Waals surface area contributed by atoms with Gasteiger partial charge in [0.05, 0.1) is 11.7 Å². The summed E-state index contributed by atoms with van der Waals surface area (Å²) in [5, 5.41) is 8.00. The van der Waals surface area contributed by atoms with Crippen LogP contribution in [0.25, 0.3) is 0 Å². The highest BCUT2D eigenvalue weighted by Crippen LogP contribution is 2.25. The van der Waals surface area contributed by atoms with Gasteiger partial charge in [0.1, 0.15) is 0 Å². The molecule has 5 heteroatoms. The second kappa shape index (κ2) is 7.00. The molecule has 1 aliphatic rings. The molecule has 1 N–H and O–H groups in total. The Morgan fingerprint density at radius 1 is 1.32 bits per heavy atom. The first-order chi connectivity index (χ1) is 11.8. The van der Waals surface area contributed by atoms with Gasteiger partial charge in [-0.2, -0.15) is 5.10 Å². The van der Waals surface area contributed by atoms with E-state index in [4.69, 9.17) is 0 Å². The second-order valence-electron chi connectivity index (χ2n) is 7.81. The van der Waals surface area contributed by atoms with Crippen LogP contribution in [0.5, 0.6) is 0 Å². The number of amides is 1. The minimum absolute atomic E-state index is 0.000460. The number of hydrogen-bond acceptors (Lipinski definition) is 3. The van der Waals surface area contributed by atoms with Crippen molar-refractivity contribution in [3.05, 3.63) is 47.8 Å². The molecule has 1 aromatic heterocycles. The number of nitrogens with one attached hydrogen (secondary N) is 1. The summed E-state index contributed by atoms with van der Waals surface area (Å²) in [6.45, 7) is 10.2. The SMILES string of the molecule is C[C@H](NCc1cnn(C(C)(C)C)c1)c1cccc(N2CCCC2=O)c1. The van der Waals surface area contributed by atoms with E-state index in [9.17, 15) is 4.79 Å². The molecule has 134 valence electrons. The Morgan fingerprint density at radius 3 is 2.76 bits per heavy atom. The lowest BCUT2D eigenvalue weighted by Crippen LogP contribution is -2.24. The molecule has 5 nitrogen and oxygen atoms in total. The van der Waals surface area contributed by atoms with E-state index in [2.05, 4.69) is 56.4 Å². The van der Waals surface area contributed by atoms with Crippen LogP contribution >= 0.6 is 0 Å². The second-order valence-corrected chi connectivity index (χ2v) is 7.81. The van der Waals surface area contributed by atoms with Crippen LogP contribution in [-0.2, 0) is 16.9 Å². The summed E-state index contributed by atoms with van der Waals surface area (Å²) in [5.41, 5.74) is 3.38. The van der Waals surface area contributed by atoms with Crippen molar-refractivity contribution in [3.8, 4) is 0 Å². The lowest BCUT2D eigenvalue weighted by Gasteiger charge is -2.20. The zero-order valence-electron chi connectivity index (χ0n) is 15.6. The van der Waals surface area contributed by atoms with Crippen molar-refractivity contribution in [2.45, 2.75) is 58.7 Å². The number of rotatable bonds is 5. The first-order valence-corrected chi connectivity index (χ1v) is 9.02. The number of anilines is 1. The Hall–Kier alpha value is -2.14. The Labute approximate surface area is 150 Å². The highest BCUT2D eigenvalue weighted by Gasteiger charge is 2.22. The van der Waals surface area contributed by atoms with E-state index in [1.807, 2.05) is 27.9 Å². The van der Waals surface area contributed by atoms with Gasteiger partial charge in [0, 0.05) is 43.0 Å². The smallest absolute Gasteiger partial charge is 0.227 e. The summed E-state index contributed by atoms with van der Waals surface area (Å²) in [6, 6.07) is 8.49. The predicted molar refractivity (Wildman–Crippen MR) is 101 cm³/mol. The summed E-state index contributed by atoms with van der Waals surface area (Å²) in [5.74, 6) is 0.229. The molecule has 0 radical (unpaired) electrons. The molecule has 0 unspecified atom stereocenters. The highest BCUT2D eigenvalue weighted by molar-refractivity contribution is 5.95. The van der Waals surface area contributed by atoms with E-state index in [1.165, 1.54) is 11.1 Å². The maximum atomic E-state index is 12.0. The van der Waals surface area contributed by atoms with Gasteiger partial charge in [0.25, 0.3) is 0 Å². The number of nitrogens with zero attached hydrogens (tertiary/aromatic N) is 3. The van der Waals surface area contributed by atoms with Crippen LogP contribution in [0.3, 0.4) is 0 Å². The van der Waals surface area contributed by atoms with E-state index in [1.54, 1.807) is 0 Å². The average Bonchev–Trinajstić information content (AvgIpc) is 3.21. The number of hydrogen-bond donors (Lipinski definition) is 1. The number of carbonyl (C=O) groups excluding carboxylic acids is 1. The summed E-state index contributed by atoms with van der Waals surface area (Å²) in [6.07, 6.45) is 5.63. The lowest BCUT2D eigenvalue weighted by atomic mass is 10.1. The van der Waals surface area contributed by atoms with Crippen LogP contribution < -0.4 is 10.2 Å². The van der Waals surface area contributed by atoms with Crippen LogP contribution in [0.15, 0.2) is 36.7 Å². The highest BCUT2D eigenvalue weighted by atomic mass is 16.2. The van der Waals surface area contributed by atoms with Crippen molar-refractivity contribution in [1.29, 1.82) is 0 Å². The van der Waals surface area contributed by atoms with Gasteiger partial charge < -0.3 is 10.2 Å². The van der Waals surface area contributed by atoms with Gasteiger partial charge in [-0.15, -0.1) is 0 Å². The molecule has 0 aliphatic carbocycles. The zero-order chi connectivity index (χ0) is 18.0. The molecular formula is C20H28N4O. The number of benzene rings is 1. The monoisotopic (exact) mass is 340 g/mol. The minimum Gasteiger partial charge on any atom is -0.312 e. The molecule has 1 aliphatic heterocycles. The number of aromatic nitrogens is 2. The summed E-state index contributed by atoms with van der Waals surface area (Å²) < 4.78 is 1.99. The third kappa shape index (κ3) is 4.10. The van der Waals surface area contributed by atoms with Gasteiger partial charge in [-0.25, -0.2) is 0 Å². The lowest BCUT2D eigenvalue weighted by molar-refractivity contribution is -0.117. The van der Waals surface area contributed by atoms with Crippen molar-refractivity contribution < 1.29 is 4.79 Å². The third-order valence-electron chi connectivity index (χ3n) is 4.69. The van der Waals surface area contributed by atoms with Crippen molar-refractivity contribution in [2.75, 3.05) is 11.4 Å². The first-order valence-electron chi connectivity index (χ1n) is 9.02. The van der Waals surface area contributed by atoms with E-state index in [0.29, 0.717) is 6.42 Å². The molecule has 0 bridgehead atoms. The summed E-state index contributed by atoms with van der Waals surface area (Å²) >= 11 is 0. The predicted octanol–water partition coefficient (Wildman–Crippen LogP) is 3.62.